The van der Waals surface area contributed by atoms with Gasteiger partial charge >= 0.3 is 0 Å². The van der Waals surface area contributed by atoms with E-state index in [1.165, 1.54) is 0 Å². The monoisotopic (exact) mass is 563 g/mol. The Hall–Kier alpha value is -0.860. The van der Waals surface area contributed by atoms with Gasteiger partial charge in [0.05, 0.1) is 11.1 Å². The Morgan fingerprint density at radius 1 is 0.692 bits per heavy atom. The second kappa shape index (κ2) is 10.8. The molecule has 1 aromatic heterocycles. The van der Waals surface area contributed by atoms with Crippen molar-refractivity contribution in [2.45, 2.75) is 154 Å². The van der Waals surface area contributed by atoms with Gasteiger partial charge in [-0.25, -0.2) is 15.0 Å². The van der Waals surface area contributed by atoms with Gasteiger partial charge in [0.25, 0.3) is 0 Å². The Kier molecular flexibility index (Phi) is 9.01. The standard InChI is InChI=1S/C31H58ClN7/c1-13-15-17-21-19-26(3,4)38(11)28(7,8)30(21,33)23-35-24(37-25(32)36-23)31(34)22(18-16-14-2)20-27(5,6)39(12)29(31,9)10/h21-22H,13-20,33-34H2,1-12H3. The van der Waals surface area contributed by atoms with Crippen LogP contribution in [0.15, 0.2) is 0 Å². The van der Waals surface area contributed by atoms with Crippen LogP contribution < -0.4 is 11.5 Å². The van der Waals surface area contributed by atoms with Crippen molar-refractivity contribution in [3.8, 4) is 0 Å². The summed E-state index contributed by atoms with van der Waals surface area (Å²) in [6.45, 7) is 22.6. The van der Waals surface area contributed by atoms with E-state index in [4.69, 9.17) is 38.0 Å². The lowest BCUT2D eigenvalue weighted by molar-refractivity contribution is -0.107. The molecular weight excluding hydrogens is 506 g/mol. The van der Waals surface area contributed by atoms with E-state index in [2.05, 4.69) is 93.1 Å². The lowest BCUT2D eigenvalue weighted by Gasteiger charge is -2.63. The molecule has 0 amide bonds. The summed E-state index contributed by atoms with van der Waals surface area (Å²) < 4.78 is 0. The number of piperidine rings is 2. The zero-order chi connectivity index (χ0) is 29.8. The molecule has 0 spiro atoms. The Morgan fingerprint density at radius 3 is 1.33 bits per heavy atom. The van der Waals surface area contributed by atoms with E-state index in [1.807, 2.05) is 0 Å². The number of aromatic nitrogens is 3. The predicted octanol–water partition coefficient (Wildman–Crippen LogP) is 6.23. The van der Waals surface area contributed by atoms with Crippen molar-refractivity contribution in [3.63, 3.8) is 0 Å². The van der Waals surface area contributed by atoms with Gasteiger partial charge in [0.15, 0.2) is 11.6 Å². The number of rotatable bonds is 8. The average molecular weight is 564 g/mol. The summed E-state index contributed by atoms with van der Waals surface area (Å²) in [7, 11) is 4.35. The largest absolute Gasteiger partial charge is 0.317 e. The van der Waals surface area contributed by atoms with Crippen LogP contribution in [0.1, 0.15) is 132 Å². The van der Waals surface area contributed by atoms with E-state index in [1.54, 1.807) is 0 Å². The fourth-order valence-electron chi connectivity index (χ4n) is 8.06. The first-order valence-corrected chi connectivity index (χ1v) is 15.6. The molecule has 3 rings (SSSR count). The fraction of sp³-hybridized carbons (Fsp3) is 0.903. The molecule has 2 saturated heterocycles. The lowest BCUT2D eigenvalue weighted by atomic mass is 9.59. The van der Waals surface area contributed by atoms with Crippen LogP contribution in [0.4, 0.5) is 0 Å². The molecule has 1 aromatic rings. The van der Waals surface area contributed by atoms with Crippen molar-refractivity contribution in [3.05, 3.63) is 16.9 Å². The van der Waals surface area contributed by atoms with Crippen molar-refractivity contribution in [1.82, 2.24) is 24.8 Å². The van der Waals surface area contributed by atoms with Crippen LogP contribution in [-0.4, -0.2) is 61.0 Å². The number of hydrogen-bond acceptors (Lipinski definition) is 7. The van der Waals surface area contributed by atoms with Crippen LogP contribution in [0.5, 0.6) is 0 Å². The molecule has 2 aliphatic rings. The number of hydrogen-bond donors (Lipinski definition) is 2. The van der Waals surface area contributed by atoms with E-state index < -0.39 is 22.2 Å². The number of nitrogens with two attached hydrogens (primary N) is 2. The summed E-state index contributed by atoms with van der Waals surface area (Å²) in [6.07, 6.45) is 8.40. The third kappa shape index (κ3) is 5.07. The zero-order valence-electron chi connectivity index (χ0n) is 27.1. The highest BCUT2D eigenvalue weighted by atomic mass is 35.5. The van der Waals surface area contributed by atoms with Gasteiger partial charge in [-0.15, -0.1) is 0 Å². The van der Waals surface area contributed by atoms with Crippen molar-refractivity contribution in [2.75, 3.05) is 14.1 Å². The Balaban J connectivity index is 2.27. The molecule has 0 radical (unpaired) electrons. The normalized spacial score (nSPS) is 34.2. The molecule has 2 aliphatic heterocycles. The van der Waals surface area contributed by atoms with Gasteiger partial charge in [-0.3, -0.25) is 9.80 Å². The summed E-state index contributed by atoms with van der Waals surface area (Å²) in [4.78, 5) is 19.7. The second-order valence-corrected chi connectivity index (χ2v) is 15.3. The van der Waals surface area contributed by atoms with Gasteiger partial charge in [0, 0.05) is 22.2 Å². The van der Waals surface area contributed by atoms with Crippen molar-refractivity contribution < 1.29 is 0 Å². The molecule has 4 unspecified atom stereocenters. The van der Waals surface area contributed by atoms with E-state index in [0.717, 1.165) is 51.4 Å². The highest BCUT2D eigenvalue weighted by Crippen LogP contribution is 2.54. The summed E-state index contributed by atoms with van der Waals surface area (Å²) in [5.41, 5.74) is 12.7. The molecule has 4 N–H and O–H groups in total. The van der Waals surface area contributed by atoms with Gasteiger partial charge in [0.2, 0.25) is 5.28 Å². The molecule has 4 atom stereocenters. The maximum Gasteiger partial charge on any atom is 0.226 e. The SMILES string of the molecule is CCCCC1CC(C)(C)N(C)C(C)(C)C1(N)c1nc(Cl)nc(C2(N)C(CCCC)CC(C)(C)N(C)C2(C)C)n1. The predicted molar refractivity (Wildman–Crippen MR) is 164 cm³/mol. The molecule has 0 aliphatic carbocycles. The lowest BCUT2D eigenvalue weighted by Crippen LogP contribution is -2.75. The average Bonchev–Trinajstić information content (AvgIpc) is 2.84. The second-order valence-electron chi connectivity index (χ2n) is 14.9. The van der Waals surface area contributed by atoms with Gasteiger partial charge in [-0.2, -0.15) is 0 Å². The molecular formula is C31H58ClN7. The minimum Gasteiger partial charge on any atom is -0.317 e. The highest BCUT2D eigenvalue weighted by Gasteiger charge is 2.63. The summed E-state index contributed by atoms with van der Waals surface area (Å²) in [5.74, 6) is 1.53. The van der Waals surface area contributed by atoms with E-state index in [0.29, 0.717) is 11.6 Å². The number of likely N-dealkylation sites (N-methyl/N-ethyl adjacent to an activating group) is 2. The molecule has 2 fully saturated rings. The summed E-state index contributed by atoms with van der Waals surface area (Å²) in [6, 6.07) is 0. The molecule has 0 saturated carbocycles. The minimum absolute atomic E-state index is 0.00950. The van der Waals surface area contributed by atoms with Crippen LogP contribution in [0.25, 0.3) is 0 Å². The summed E-state index contributed by atoms with van der Waals surface area (Å²) >= 11 is 6.79. The van der Waals surface area contributed by atoms with Gasteiger partial charge in [-0.05, 0) is 119 Å². The first-order valence-electron chi connectivity index (χ1n) is 15.2. The molecule has 39 heavy (non-hydrogen) atoms. The Morgan fingerprint density at radius 2 is 1.03 bits per heavy atom. The number of unbranched alkanes of at least 4 members (excludes halogenated alkanes) is 2. The summed E-state index contributed by atoms with van der Waals surface area (Å²) in [5, 5.41) is 0.180. The third-order valence-corrected chi connectivity index (χ3v) is 11.6. The van der Waals surface area contributed by atoms with Crippen LogP contribution in [0.2, 0.25) is 5.28 Å². The van der Waals surface area contributed by atoms with Gasteiger partial charge < -0.3 is 11.5 Å². The third-order valence-electron chi connectivity index (χ3n) is 11.5. The molecule has 0 bridgehead atoms. The van der Waals surface area contributed by atoms with Crippen molar-refractivity contribution in [1.29, 1.82) is 0 Å². The highest BCUT2D eigenvalue weighted by molar-refractivity contribution is 6.28. The van der Waals surface area contributed by atoms with Crippen LogP contribution in [-0.2, 0) is 11.1 Å². The smallest absolute Gasteiger partial charge is 0.226 e. The first kappa shape index (κ1) is 32.7. The van der Waals surface area contributed by atoms with Crippen LogP contribution in [0, 0.1) is 11.8 Å². The van der Waals surface area contributed by atoms with E-state index >= 15 is 0 Å². The molecule has 3 heterocycles. The Bertz CT molecular complexity index is 946. The topological polar surface area (TPSA) is 97.2 Å². The maximum atomic E-state index is 7.61. The number of halogens is 1. The van der Waals surface area contributed by atoms with E-state index in [9.17, 15) is 0 Å². The molecule has 8 heteroatoms. The quantitative estimate of drug-likeness (QED) is 0.387. The van der Waals surface area contributed by atoms with Crippen molar-refractivity contribution in [2.24, 2.45) is 23.3 Å². The van der Waals surface area contributed by atoms with E-state index in [-0.39, 0.29) is 28.2 Å². The maximum absolute atomic E-state index is 7.61. The van der Waals surface area contributed by atoms with Crippen LogP contribution >= 0.6 is 11.6 Å². The molecule has 0 aromatic carbocycles. The minimum atomic E-state index is -0.826. The van der Waals surface area contributed by atoms with Gasteiger partial charge in [0.1, 0.15) is 0 Å². The fourth-order valence-corrected chi connectivity index (χ4v) is 8.22. The number of nitrogens with zero attached hydrogens (tertiary/aromatic N) is 5. The molecule has 7 nitrogen and oxygen atoms in total. The van der Waals surface area contributed by atoms with Crippen LogP contribution in [0.3, 0.4) is 0 Å². The van der Waals surface area contributed by atoms with Crippen molar-refractivity contribution >= 4 is 11.6 Å². The Labute approximate surface area is 244 Å². The zero-order valence-corrected chi connectivity index (χ0v) is 27.8. The first-order chi connectivity index (χ1) is 17.7. The molecule has 224 valence electrons. The number of likely N-dealkylation sites (tertiary alicyclic amines) is 2. The van der Waals surface area contributed by atoms with Gasteiger partial charge in [-0.1, -0.05) is 39.5 Å².